The van der Waals surface area contributed by atoms with Crippen LogP contribution in [0.25, 0.3) is 0 Å². The molecule has 0 spiro atoms. The predicted octanol–water partition coefficient (Wildman–Crippen LogP) is 1.09. The monoisotopic (exact) mass is 240 g/mol. The summed E-state index contributed by atoms with van der Waals surface area (Å²) in [5.74, 6) is 0. The van der Waals surface area contributed by atoms with Gasteiger partial charge in [0.25, 0.3) is 0 Å². The highest BCUT2D eigenvalue weighted by Gasteiger charge is 2.13. The lowest BCUT2D eigenvalue weighted by atomic mass is 10.1. The van der Waals surface area contributed by atoms with Gasteiger partial charge in [0.2, 0.25) is 0 Å². The predicted molar refractivity (Wildman–Crippen MR) is 68.9 cm³/mol. The van der Waals surface area contributed by atoms with Crippen molar-refractivity contribution in [3.63, 3.8) is 0 Å². The van der Waals surface area contributed by atoms with E-state index in [2.05, 4.69) is 24.3 Å². The van der Waals surface area contributed by atoms with E-state index in [1.807, 2.05) is 24.0 Å². The van der Waals surface area contributed by atoms with E-state index in [0.717, 1.165) is 12.1 Å². The Labute approximate surface area is 103 Å². The van der Waals surface area contributed by atoms with Crippen molar-refractivity contribution < 1.29 is 4.74 Å². The summed E-state index contributed by atoms with van der Waals surface area (Å²) in [6.07, 6.45) is 4.11. The van der Waals surface area contributed by atoms with Gasteiger partial charge in [-0.15, -0.1) is 0 Å². The van der Waals surface area contributed by atoms with E-state index in [1.54, 1.807) is 7.11 Å². The Balaban J connectivity index is 2.59. The minimum atomic E-state index is 0.139. The van der Waals surface area contributed by atoms with Crippen molar-refractivity contribution in [1.82, 2.24) is 15.1 Å². The van der Waals surface area contributed by atoms with Crippen molar-refractivity contribution in [3.05, 3.63) is 18.0 Å². The molecule has 0 radical (unpaired) electrons. The van der Waals surface area contributed by atoms with Crippen molar-refractivity contribution in [2.75, 3.05) is 20.2 Å². The Morgan fingerprint density at radius 3 is 2.65 bits per heavy atom. The molecule has 2 unspecified atom stereocenters. The summed E-state index contributed by atoms with van der Waals surface area (Å²) < 4.78 is 7.14. The molecule has 1 aromatic heterocycles. The normalized spacial score (nSPS) is 15.2. The third kappa shape index (κ3) is 4.11. The molecular formula is C12H24N4O. The van der Waals surface area contributed by atoms with Gasteiger partial charge in [0, 0.05) is 44.0 Å². The molecule has 2 atom stereocenters. The number of nitrogens with two attached hydrogens (primary N) is 1. The molecule has 0 aliphatic rings. The lowest BCUT2D eigenvalue weighted by Crippen LogP contribution is -2.33. The van der Waals surface area contributed by atoms with Crippen LogP contribution in [-0.2, 0) is 4.74 Å². The fourth-order valence-electron chi connectivity index (χ4n) is 1.54. The molecule has 1 rings (SSSR count). The molecule has 17 heavy (non-hydrogen) atoms. The first-order valence-corrected chi connectivity index (χ1v) is 6.08. The zero-order valence-electron chi connectivity index (χ0n) is 11.2. The fourth-order valence-corrected chi connectivity index (χ4v) is 1.54. The van der Waals surface area contributed by atoms with Crippen LogP contribution < -0.4 is 11.1 Å². The number of methoxy groups -OCH3 is 1. The molecule has 1 aromatic rings. The number of nitrogens with zero attached hydrogens (tertiary/aromatic N) is 2. The average Bonchev–Trinajstić information content (AvgIpc) is 2.79. The van der Waals surface area contributed by atoms with E-state index in [-0.39, 0.29) is 12.1 Å². The Kier molecular flexibility index (Phi) is 5.61. The molecule has 0 aliphatic heterocycles. The van der Waals surface area contributed by atoms with Crippen LogP contribution in [0, 0.1) is 0 Å². The lowest BCUT2D eigenvalue weighted by Gasteiger charge is -2.18. The highest BCUT2D eigenvalue weighted by Crippen LogP contribution is 2.13. The first-order valence-electron chi connectivity index (χ1n) is 6.08. The van der Waals surface area contributed by atoms with Crippen LogP contribution in [0.15, 0.2) is 12.4 Å². The Hall–Kier alpha value is -0.910. The number of nitrogens with one attached hydrogen (secondary N) is 1. The first-order chi connectivity index (χ1) is 8.08. The van der Waals surface area contributed by atoms with Crippen LogP contribution in [0.5, 0.6) is 0 Å². The SMILES string of the molecule is COC(C)CNC(CN)c1cnn(C(C)C)c1. The van der Waals surface area contributed by atoms with Crippen molar-refractivity contribution in [1.29, 1.82) is 0 Å². The number of rotatable bonds is 7. The van der Waals surface area contributed by atoms with E-state index in [9.17, 15) is 0 Å². The van der Waals surface area contributed by atoms with Crippen LogP contribution in [0.2, 0.25) is 0 Å². The highest BCUT2D eigenvalue weighted by molar-refractivity contribution is 5.11. The second-order valence-corrected chi connectivity index (χ2v) is 4.59. The van der Waals surface area contributed by atoms with Crippen LogP contribution in [0.4, 0.5) is 0 Å². The molecule has 0 aromatic carbocycles. The minimum Gasteiger partial charge on any atom is -0.380 e. The smallest absolute Gasteiger partial charge is 0.0667 e. The van der Waals surface area contributed by atoms with Gasteiger partial charge in [-0.05, 0) is 20.8 Å². The van der Waals surface area contributed by atoms with Gasteiger partial charge in [0.1, 0.15) is 0 Å². The Morgan fingerprint density at radius 2 is 2.18 bits per heavy atom. The molecule has 0 amide bonds. The van der Waals surface area contributed by atoms with Crippen LogP contribution in [0.3, 0.4) is 0 Å². The molecule has 0 aliphatic carbocycles. The minimum absolute atomic E-state index is 0.139. The number of hydrogen-bond acceptors (Lipinski definition) is 4. The van der Waals surface area contributed by atoms with Gasteiger partial charge in [0.15, 0.2) is 0 Å². The standard InChI is InChI=1S/C12H24N4O/c1-9(2)16-8-11(7-15-16)12(5-13)14-6-10(3)17-4/h7-10,12,14H,5-6,13H2,1-4H3. The molecule has 0 saturated heterocycles. The van der Waals surface area contributed by atoms with E-state index in [0.29, 0.717) is 12.6 Å². The van der Waals surface area contributed by atoms with Gasteiger partial charge in [-0.3, -0.25) is 4.68 Å². The van der Waals surface area contributed by atoms with Gasteiger partial charge in [0.05, 0.1) is 12.3 Å². The van der Waals surface area contributed by atoms with Crippen molar-refractivity contribution in [3.8, 4) is 0 Å². The Bertz CT molecular complexity index is 324. The topological polar surface area (TPSA) is 65.1 Å². The van der Waals surface area contributed by atoms with Crippen LogP contribution in [-0.4, -0.2) is 36.1 Å². The fraction of sp³-hybridized carbons (Fsp3) is 0.750. The second kappa shape index (κ2) is 6.74. The molecule has 5 nitrogen and oxygen atoms in total. The average molecular weight is 240 g/mol. The highest BCUT2D eigenvalue weighted by atomic mass is 16.5. The number of hydrogen-bond donors (Lipinski definition) is 2. The van der Waals surface area contributed by atoms with Crippen molar-refractivity contribution in [2.45, 2.75) is 39.0 Å². The van der Waals surface area contributed by atoms with Gasteiger partial charge >= 0.3 is 0 Å². The van der Waals surface area contributed by atoms with E-state index in [4.69, 9.17) is 10.5 Å². The van der Waals surface area contributed by atoms with Crippen molar-refractivity contribution >= 4 is 0 Å². The summed E-state index contributed by atoms with van der Waals surface area (Å²) in [5.41, 5.74) is 6.91. The van der Waals surface area contributed by atoms with Gasteiger partial charge in [-0.25, -0.2) is 0 Å². The van der Waals surface area contributed by atoms with Crippen LogP contribution >= 0.6 is 0 Å². The summed E-state index contributed by atoms with van der Waals surface area (Å²) in [4.78, 5) is 0. The molecule has 0 fully saturated rings. The Morgan fingerprint density at radius 1 is 1.47 bits per heavy atom. The van der Waals surface area contributed by atoms with Gasteiger partial charge < -0.3 is 15.8 Å². The third-order valence-corrected chi connectivity index (χ3v) is 2.84. The molecule has 98 valence electrons. The molecule has 5 heteroatoms. The third-order valence-electron chi connectivity index (χ3n) is 2.84. The summed E-state index contributed by atoms with van der Waals surface area (Å²) in [5, 5.41) is 7.71. The summed E-state index contributed by atoms with van der Waals surface area (Å²) >= 11 is 0. The largest absolute Gasteiger partial charge is 0.380 e. The van der Waals surface area contributed by atoms with Gasteiger partial charge in [-0.1, -0.05) is 0 Å². The maximum atomic E-state index is 5.78. The molecule has 0 saturated carbocycles. The van der Waals surface area contributed by atoms with Crippen LogP contribution in [0.1, 0.15) is 38.4 Å². The van der Waals surface area contributed by atoms with E-state index in [1.165, 1.54) is 0 Å². The lowest BCUT2D eigenvalue weighted by molar-refractivity contribution is 0.114. The summed E-state index contributed by atoms with van der Waals surface area (Å²) in [7, 11) is 1.71. The van der Waals surface area contributed by atoms with E-state index < -0.39 is 0 Å². The summed E-state index contributed by atoms with van der Waals surface area (Å²) in [6.45, 7) is 7.58. The molecule has 1 heterocycles. The summed E-state index contributed by atoms with van der Waals surface area (Å²) in [6, 6.07) is 0.514. The molecule has 3 N–H and O–H groups in total. The maximum absolute atomic E-state index is 5.78. The van der Waals surface area contributed by atoms with Crippen molar-refractivity contribution in [2.24, 2.45) is 5.73 Å². The molecule has 0 bridgehead atoms. The van der Waals surface area contributed by atoms with Gasteiger partial charge in [-0.2, -0.15) is 5.10 Å². The zero-order chi connectivity index (χ0) is 12.8. The zero-order valence-corrected chi connectivity index (χ0v) is 11.2. The van der Waals surface area contributed by atoms with E-state index >= 15 is 0 Å². The number of ether oxygens (including phenoxy) is 1. The second-order valence-electron chi connectivity index (χ2n) is 4.59. The molecular weight excluding hydrogens is 216 g/mol. The number of aromatic nitrogens is 2. The quantitative estimate of drug-likeness (QED) is 0.749. The first kappa shape index (κ1) is 14.2. The maximum Gasteiger partial charge on any atom is 0.0667 e.